The summed E-state index contributed by atoms with van der Waals surface area (Å²) in [4.78, 5) is 0. The van der Waals surface area contributed by atoms with E-state index in [4.69, 9.17) is 16.0 Å². The van der Waals surface area contributed by atoms with E-state index in [0.717, 1.165) is 22.5 Å². The van der Waals surface area contributed by atoms with Gasteiger partial charge in [0.2, 0.25) is 0 Å². The number of rotatable bonds is 5. The van der Waals surface area contributed by atoms with Gasteiger partial charge in [-0.05, 0) is 42.2 Å². The van der Waals surface area contributed by atoms with Crippen LogP contribution in [0.4, 0.5) is 0 Å². The highest BCUT2D eigenvalue weighted by Gasteiger charge is 2.13. The van der Waals surface area contributed by atoms with Gasteiger partial charge in [0.05, 0.1) is 0 Å². The van der Waals surface area contributed by atoms with Crippen molar-refractivity contribution in [1.29, 1.82) is 0 Å². The summed E-state index contributed by atoms with van der Waals surface area (Å²) in [5, 5.41) is 11.6. The van der Waals surface area contributed by atoms with Gasteiger partial charge in [-0.1, -0.05) is 18.5 Å². The molecule has 1 unspecified atom stereocenters. The van der Waals surface area contributed by atoms with E-state index in [9.17, 15) is 5.11 Å². The van der Waals surface area contributed by atoms with E-state index < -0.39 is 6.10 Å². The number of hydrogen-bond acceptors (Lipinski definition) is 3. The number of thioether (sulfide) groups is 1. The van der Waals surface area contributed by atoms with E-state index in [0.29, 0.717) is 17.2 Å². The molecule has 17 heavy (non-hydrogen) atoms. The molecule has 1 aromatic heterocycles. The van der Waals surface area contributed by atoms with E-state index >= 15 is 0 Å². The van der Waals surface area contributed by atoms with Crippen molar-refractivity contribution in [3.8, 4) is 0 Å². The van der Waals surface area contributed by atoms with Gasteiger partial charge in [-0.25, -0.2) is 0 Å². The number of hydrogen-bond donors (Lipinski definition) is 1. The van der Waals surface area contributed by atoms with Crippen LogP contribution in [-0.4, -0.2) is 16.6 Å². The van der Waals surface area contributed by atoms with Crippen LogP contribution in [-0.2, 0) is 0 Å². The molecule has 1 atom stereocenters. The highest BCUT2D eigenvalue weighted by molar-refractivity contribution is 7.99. The summed E-state index contributed by atoms with van der Waals surface area (Å²) in [6, 6.07) is 7.32. The molecule has 0 aliphatic rings. The first kappa shape index (κ1) is 12.8. The van der Waals surface area contributed by atoms with Gasteiger partial charge in [0, 0.05) is 10.4 Å². The minimum Gasteiger partial charge on any atom is -0.458 e. The molecule has 1 heterocycles. The van der Waals surface area contributed by atoms with Gasteiger partial charge in [0.25, 0.3) is 0 Å². The Hall–Kier alpha value is -0.640. The number of aliphatic hydroxyl groups is 1. The van der Waals surface area contributed by atoms with E-state index in [1.54, 1.807) is 6.07 Å². The van der Waals surface area contributed by atoms with E-state index in [2.05, 4.69) is 6.92 Å². The summed E-state index contributed by atoms with van der Waals surface area (Å²) in [5.74, 6) is 2.64. The summed E-state index contributed by atoms with van der Waals surface area (Å²) in [7, 11) is 0. The summed E-state index contributed by atoms with van der Waals surface area (Å²) >= 11 is 7.72. The molecular weight excluding hydrogens is 256 g/mol. The monoisotopic (exact) mass is 270 g/mol. The summed E-state index contributed by atoms with van der Waals surface area (Å²) < 4.78 is 5.60. The van der Waals surface area contributed by atoms with Crippen molar-refractivity contribution in [2.75, 3.05) is 11.5 Å². The van der Waals surface area contributed by atoms with Gasteiger partial charge in [0.1, 0.15) is 17.4 Å². The molecule has 0 spiro atoms. The van der Waals surface area contributed by atoms with Crippen LogP contribution < -0.4 is 0 Å². The van der Waals surface area contributed by atoms with E-state index in [1.165, 1.54) is 0 Å². The zero-order valence-corrected chi connectivity index (χ0v) is 11.2. The standard InChI is InChI=1S/C13H15ClO2S/c1-2-17-6-5-11(15)13-8-9-7-10(14)3-4-12(9)16-13/h3-4,7-8,11,15H,2,5-6H2,1H3. The molecule has 0 aliphatic carbocycles. The van der Waals surface area contributed by atoms with Gasteiger partial charge in [-0.3, -0.25) is 0 Å². The molecule has 1 N–H and O–H groups in total. The quantitative estimate of drug-likeness (QED) is 0.824. The Morgan fingerprint density at radius 2 is 2.24 bits per heavy atom. The Bertz CT molecular complexity index is 495. The fraction of sp³-hybridized carbons (Fsp3) is 0.385. The van der Waals surface area contributed by atoms with Crippen molar-refractivity contribution in [2.45, 2.75) is 19.4 Å². The number of benzene rings is 1. The van der Waals surface area contributed by atoms with Crippen LogP contribution in [0.5, 0.6) is 0 Å². The highest BCUT2D eigenvalue weighted by Crippen LogP contribution is 2.28. The maximum absolute atomic E-state index is 9.98. The second-order valence-electron chi connectivity index (χ2n) is 3.83. The van der Waals surface area contributed by atoms with Crippen molar-refractivity contribution in [3.05, 3.63) is 35.0 Å². The van der Waals surface area contributed by atoms with Gasteiger partial charge >= 0.3 is 0 Å². The minimum atomic E-state index is -0.528. The predicted molar refractivity (Wildman–Crippen MR) is 73.8 cm³/mol. The summed E-state index contributed by atoms with van der Waals surface area (Å²) in [5.41, 5.74) is 0.770. The third-order valence-electron chi connectivity index (χ3n) is 2.57. The van der Waals surface area contributed by atoms with Crippen LogP contribution in [0.3, 0.4) is 0 Å². The lowest BCUT2D eigenvalue weighted by molar-refractivity contribution is 0.149. The fourth-order valence-electron chi connectivity index (χ4n) is 1.68. The SMILES string of the molecule is CCSCCC(O)c1cc2cc(Cl)ccc2o1. The van der Waals surface area contributed by atoms with Crippen LogP contribution in [0.1, 0.15) is 25.2 Å². The third-order valence-corrected chi connectivity index (χ3v) is 3.73. The Kier molecular flexibility index (Phi) is 4.37. The maximum atomic E-state index is 9.98. The van der Waals surface area contributed by atoms with Crippen LogP contribution in [0.25, 0.3) is 11.0 Å². The molecule has 0 radical (unpaired) electrons. The summed E-state index contributed by atoms with van der Waals surface area (Å²) in [6.07, 6.45) is 0.187. The molecule has 0 aliphatic heterocycles. The van der Waals surface area contributed by atoms with Crippen molar-refractivity contribution >= 4 is 34.3 Å². The molecule has 0 saturated heterocycles. The summed E-state index contributed by atoms with van der Waals surface area (Å²) in [6.45, 7) is 2.11. The highest BCUT2D eigenvalue weighted by atomic mass is 35.5. The molecule has 92 valence electrons. The smallest absolute Gasteiger partial charge is 0.134 e. The Morgan fingerprint density at radius 3 is 3.00 bits per heavy atom. The average Bonchev–Trinajstić information content (AvgIpc) is 2.72. The van der Waals surface area contributed by atoms with Gasteiger partial charge in [-0.15, -0.1) is 0 Å². The molecule has 2 nitrogen and oxygen atoms in total. The molecule has 0 bridgehead atoms. The van der Waals surface area contributed by atoms with Crippen LogP contribution in [0, 0.1) is 0 Å². The van der Waals surface area contributed by atoms with Crippen molar-refractivity contribution in [2.24, 2.45) is 0 Å². The van der Waals surface area contributed by atoms with Crippen LogP contribution >= 0.6 is 23.4 Å². The molecule has 2 rings (SSSR count). The second-order valence-corrected chi connectivity index (χ2v) is 5.66. The van der Waals surface area contributed by atoms with Crippen LogP contribution in [0.15, 0.2) is 28.7 Å². The Balaban J connectivity index is 2.12. The number of fused-ring (bicyclic) bond motifs is 1. The Morgan fingerprint density at radius 1 is 1.41 bits per heavy atom. The van der Waals surface area contributed by atoms with Gasteiger partial charge in [0.15, 0.2) is 0 Å². The second kappa shape index (κ2) is 5.80. The molecule has 1 aromatic carbocycles. The first-order valence-electron chi connectivity index (χ1n) is 5.65. The molecule has 4 heteroatoms. The van der Waals surface area contributed by atoms with Crippen molar-refractivity contribution < 1.29 is 9.52 Å². The Labute approximate surface area is 110 Å². The largest absolute Gasteiger partial charge is 0.458 e. The minimum absolute atomic E-state index is 0.528. The predicted octanol–water partition coefficient (Wildman–Crippen LogP) is 4.26. The fourth-order valence-corrected chi connectivity index (χ4v) is 2.54. The zero-order valence-electron chi connectivity index (χ0n) is 9.65. The third kappa shape index (κ3) is 3.18. The number of furan rings is 1. The van der Waals surface area contributed by atoms with Gasteiger partial charge in [-0.2, -0.15) is 11.8 Å². The number of aliphatic hydroxyl groups excluding tert-OH is 1. The van der Waals surface area contributed by atoms with E-state index in [-0.39, 0.29) is 0 Å². The topological polar surface area (TPSA) is 33.4 Å². The molecule has 0 saturated carbocycles. The molecule has 0 amide bonds. The molecule has 2 aromatic rings. The lowest BCUT2D eigenvalue weighted by atomic mass is 10.2. The van der Waals surface area contributed by atoms with Crippen molar-refractivity contribution in [1.82, 2.24) is 0 Å². The normalized spacial score (nSPS) is 13.1. The lowest BCUT2D eigenvalue weighted by Gasteiger charge is -2.05. The van der Waals surface area contributed by atoms with E-state index in [1.807, 2.05) is 30.0 Å². The van der Waals surface area contributed by atoms with Crippen molar-refractivity contribution in [3.63, 3.8) is 0 Å². The average molecular weight is 271 g/mol. The zero-order chi connectivity index (χ0) is 12.3. The molecular formula is C13H15ClO2S. The first-order chi connectivity index (χ1) is 8.20. The first-order valence-corrected chi connectivity index (χ1v) is 7.18. The van der Waals surface area contributed by atoms with Gasteiger partial charge < -0.3 is 9.52 Å². The lowest BCUT2D eigenvalue weighted by Crippen LogP contribution is -1.97. The molecule has 0 fully saturated rings. The number of halogens is 1. The van der Waals surface area contributed by atoms with Crippen LogP contribution in [0.2, 0.25) is 5.02 Å². The maximum Gasteiger partial charge on any atom is 0.134 e.